The number of aryl methyl sites for hydroxylation is 1. The van der Waals surface area contributed by atoms with Gasteiger partial charge in [0.15, 0.2) is 0 Å². The molecule has 3 heterocycles. The van der Waals surface area contributed by atoms with Crippen LogP contribution in [0.2, 0.25) is 0 Å². The van der Waals surface area contributed by atoms with Crippen LogP contribution in [0.4, 0.5) is 19.0 Å². The van der Waals surface area contributed by atoms with Gasteiger partial charge in [-0.3, -0.25) is 9.97 Å². The number of fused-ring (bicyclic) bond motifs is 1. The molecule has 0 amide bonds. The number of aliphatic carboxylic acids is 1. The number of nitrogen functional groups attached to an aromatic ring is 1. The van der Waals surface area contributed by atoms with Crippen LogP contribution in [0.5, 0.6) is 0 Å². The van der Waals surface area contributed by atoms with Crippen molar-refractivity contribution in [2.75, 3.05) is 5.73 Å². The molecule has 4 rings (SSSR count). The molecule has 3 N–H and O–H groups in total. The lowest BCUT2D eigenvalue weighted by molar-refractivity contribution is -0.192. The summed E-state index contributed by atoms with van der Waals surface area (Å²) in [6.45, 7) is 1.97. The molecule has 0 aliphatic heterocycles. The van der Waals surface area contributed by atoms with Crippen LogP contribution in [0.25, 0.3) is 33.4 Å². The first-order valence-corrected chi connectivity index (χ1v) is 8.86. The largest absolute Gasteiger partial charge is 0.490 e. The van der Waals surface area contributed by atoms with Crippen LogP contribution in [-0.4, -0.2) is 37.2 Å². The van der Waals surface area contributed by atoms with Crippen molar-refractivity contribution < 1.29 is 23.1 Å². The maximum absolute atomic E-state index is 10.6. The molecule has 31 heavy (non-hydrogen) atoms. The molecular formula is C21H16F3N5O2. The summed E-state index contributed by atoms with van der Waals surface area (Å²) in [4.78, 5) is 26.4. The Bertz CT molecular complexity index is 1250. The minimum absolute atomic E-state index is 0.473. The fraction of sp³-hybridized carbons (Fsp3) is 0.0952. The first-order chi connectivity index (χ1) is 14.7. The number of aromatic nitrogens is 4. The van der Waals surface area contributed by atoms with Crippen LogP contribution in [0.3, 0.4) is 0 Å². The molecule has 0 fully saturated rings. The standard InChI is InChI=1S/C19H15N5.C2HF3O2/c1-12-4-2-6-17(24-12)18-14(5-3-9-21-18)13-7-8-16-15(10-13)19(20)23-11-22-16;3-2(4,5)1(6)7/h2-11H,1H3,(H2,20,22,23);(H,6,7). The lowest BCUT2D eigenvalue weighted by Gasteiger charge is -2.10. The fourth-order valence-electron chi connectivity index (χ4n) is 2.76. The summed E-state index contributed by atoms with van der Waals surface area (Å²) in [6, 6.07) is 15.9. The summed E-state index contributed by atoms with van der Waals surface area (Å²) in [5.74, 6) is -2.28. The Morgan fingerprint density at radius 1 is 1.03 bits per heavy atom. The molecule has 0 unspecified atom stereocenters. The third kappa shape index (κ3) is 5.10. The fourth-order valence-corrected chi connectivity index (χ4v) is 2.76. The molecule has 0 bridgehead atoms. The second-order valence-electron chi connectivity index (χ2n) is 6.36. The van der Waals surface area contributed by atoms with Crippen LogP contribution in [0, 0.1) is 6.92 Å². The lowest BCUT2D eigenvalue weighted by Crippen LogP contribution is -2.21. The van der Waals surface area contributed by atoms with E-state index in [9.17, 15) is 13.2 Å². The minimum atomic E-state index is -5.08. The van der Waals surface area contributed by atoms with Crippen molar-refractivity contribution in [3.63, 3.8) is 0 Å². The quantitative estimate of drug-likeness (QED) is 0.491. The Kier molecular flexibility index (Phi) is 6.10. The van der Waals surface area contributed by atoms with Gasteiger partial charge in [0.2, 0.25) is 0 Å². The molecule has 7 nitrogen and oxygen atoms in total. The van der Waals surface area contributed by atoms with Gasteiger partial charge in [-0.25, -0.2) is 14.8 Å². The molecule has 0 saturated heterocycles. The van der Waals surface area contributed by atoms with Gasteiger partial charge in [-0.1, -0.05) is 18.2 Å². The third-order valence-electron chi connectivity index (χ3n) is 4.16. The number of benzene rings is 1. The number of halogens is 3. The Balaban J connectivity index is 0.000000339. The van der Waals surface area contributed by atoms with Crippen LogP contribution in [0.1, 0.15) is 5.69 Å². The predicted octanol–water partition coefficient (Wildman–Crippen LogP) is 4.28. The molecule has 0 aliphatic carbocycles. The molecule has 1 aromatic carbocycles. The van der Waals surface area contributed by atoms with Crippen molar-refractivity contribution >= 4 is 22.7 Å². The summed E-state index contributed by atoms with van der Waals surface area (Å²) in [6.07, 6.45) is -1.83. The Labute approximate surface area is 174 Å². The number of hydrogen-bond acceptors (Lipinski definition) is 6. The van der Waals surface area contributed by atoms with Gasteiger partial charge >= 0.3 is 12.1 Å². The molecule has 10 heteroatoms. The van der Waals surface area contributed by atoms with E-state index in [-0.39, 0.29) is 0 Å². The molecule has 0 radical (unpaired) electrons. The number of hydrogen-bond donors (Lipinski definition) is 2. The zero-order valence-corrected chi connectivity index (χ0v) is 16.1. The molecule has 0 saturated carbocycles. The Morgan fingerprint density at radius 2 is 1.77 bits per heavy atom. The SMILES string of the molecule is Cc1cccc(-c2ncccc2-c2ccc3ncnc(N)c3c2)n1.O=C(O)C(F)(F)F. The van der Waals surface area contributed by atoms with E-state index >= 15 is 0 Å². The number of carboxylic acid groups (broad SMARTS) is 1. The first-order valence-electron chi connectivity index (χ1n) is 8.86. The van der Waals surface area contributed by atoms with E-state index < -0.39 is 12.1 Å². The van der Waals surface area contributed by atoms with Gasteiger partial charge in [0.1, 0.15) is 12.1 Å². The lowest BCUT2D eigenvalue weighted by atomic mass is 10.00. The van der Waals surface area contributed by atoms with Crippen molar-refractivity contribution in [2.45, 2.75) is 13.1 Å². The highest BCUT2D eigenvalue weighted by atomic mass is 19.4. The van der Waals surface area contributed by atoms with Crippen LogP contribution < -0.4 is 5.73 Å². The number of nitrogens with zero attached hydrogens (tertiary/aromatic N) is 4. The molecule has 0 aliphatic rings. The number of carboxylic acids is 1. The molecule has 0 atom stereocenters. The highest BCUT2D eigenvalue weighted by Gasteiger charge is 2.38. The van der Waals surface area contributed by atoms with E-state index in [2.05, 4.69) is 19.9 Å². The number of alkyl halides is 3. The summed E-state index contributed by atoms with van der Waals surface area (Å²) in [5, 5.41) is 7.96. The van der Waals surface area contributed by atoms with E-state index in [0.29, 0.717) is 5.82 Å². The van der Waals surface area contributed by atoms with E-state index in [1.54, 1.807) is 6.20 Å². The number of anilines is 1. The predicted molar refractivity (Wildman–Crippen MR) is 109 cm³/mol. The number of nitrogens with two attached hydrogens (primary N) is 1. The average Bonchev–Trinajstić information content (AvgIpc) is 2.74. The molecule has 0 spiro atoms. The zero-order valence-electron chi connectivity index (χ0n) is 16.1. The van der Waals surface area contributed by atoms with Crippen molar-refractivity contribution in [3.05, 3.63) is 66.7 Å². The number of pyridine rings is 2. The Hall–Kier alpha value is -4.08. The highest BCUT2D eigenvalue weighted by Crippen LogP contribution is 2.31. The maximum atomic E-state index is 10.6. The first kappa shape index (κ1) is 21.6. The van der Waals surface area contributed by atoms with Gasteiger partial charge < -0.3 is 10.8 Å². The molecule has 4 aromatic rings. The van der Waals surface area contributed by atoms with Crippen LogP contribution in [0.15, 0.2) is 61.1 Å². The third-order valence-corrected chi connectivity index (χ3v) is 4.16. The van der Waals surface area contributed by atoms with E-state index in [1.807, 2.05) is 55.5 Å². The Morgan fingerprint density at radius 3 is 2.45 bits per heavy atom. The average molecular weight is 427 g/mol. The van der Waals surface area contributed by atoms with E-state index in [4.69, 9.17) is 15.6 Å². The topological polar surface area (TPSA) is 115 Å². The maximum Gasteiger partial charge on any atom is 0.490 e. The highest BCUT2D eigenvalue weighted by molar-refractivity contribution is 5.93. The summed E-state index contributed by atoms with van der Waals surface area (Å²) >= 11 is 0. The molecule has 3 aromatic heterocycles. The van der Waals surface area contributed by atoms with Gasteiger partial charge in [0.25, 0.3) is 0 Å². The van der Waals surface area contributed by atoms with Gasteiger partial charge in [-0.2, -0.15) is 13.2 Å². The van der Waals surface area contributed by atoms with E-state index in [1.165, 1.54) is 6.33 Å². The van der Waals surface area contributed by atoms with Crippen molar-refractivity contribution in [1.29, 1.82) is 0 Å². The second kappa shape index (κ2) is 8.74. The summed E-state index contributed by atoms with van der Waals surface area (Å²) in [7, 11) is 0. The van der Waals surface area contributed by atoms with Crippen molar-refractivity contribution in [2.24, 2.45) is 0 Å². The van der Waals surface area contributed by atoms with Crippen LogP contribution in [-0.2, 0) is 4.79 Å². The van der Waals surface area contributed by atoms with Gasteiger partial charge in [-0.05, 0) is 42.8 Å². The van der Waals surface area contributed by atoms with Gasteiger partial charge in [0, 0.05) is 22.8 Å². The number of rotatable bonds is 2. The van der Waals surface area contributed by atoms with Crippen molar-refractivity contribution in [1.82, 2.24) is 19.9 Å². The summed E-state index contributed by atoms with van der Waals surface area (Å²) < 4.78 is 31.7. The summed E-state index contributed by atoms with van der Waals surface area (Å²) in [5.41, 5.74) is 11.5. The van der Waals surface area contributed by atoms with Gasteiger partial charge in [0.05, 0.1) is 16.9 Å². The normalized spacial score (nSPS) is 11.0. The second-order valence-corrected chi connectivity index (χ2v) is 6.36. The van der Waals surface area contributed by atoms with Gasteiger partial charge in [-0.15, -0.1) is 0 Å². The van der Waals surface area contributed by atoms with Crippen LogP contribution >= 0.6 is 0 Å². The van der Waals surface area contributed by atoms with Crippen molar-refractivity contribution in [3.8, 4) is 22.5 Å². The monoisotopic (exact) mass is 427 g/mol. The molecular weight excluding hydrogens is 411 g/mol. The number of carbonyl (C=O) groups is 1. The van der Waals surface area contributed by atoms with E-state index in [0.717, 1.165) is 39.1 Å². The smallest absolute Gasteiger partial charge is 0.475 e. The zero-order chi connectivity index (χ0) is 22.6. The molecule has 158 valence electrons. The minimum Gasteiger partial charge on any atom is -0.475 e.